The number of rotatable bonds is 7. The van der Waals surface area contributed by atoms with Crippen molar-refractivity contribution in [1.82, 2.24) is 29.7 Å². The van der Waals surface area contributed by atoms with E-state index in [0.717, 1.165) is 13.0 Å². The van der Waals surface area contributed by atoms with Gasteiger partial charge in [0.1, 0.15) is 12.7 Å². The molecule has 0 aliphatic rings. The molecule has 2 rings (SSSR count). The fourth-order valence-corrected chi connectivity index (χ4v) is 1.34. The molecular weight excluding hydrogens is 248 g/mol. The number of nitrogens with zero attached hydrogens (tertiary/aromatic N) is 6. The lowest BCUT2D eigenvalue weighted by molar-refractivity contribution is 0.310. The van der Waals surface area contributed by atoms with Crippen LogP contribution >= 0.6 is 0 Å². The topological polar surface area (TPSA) is 114 Å². The molecule has 0 bridgehead atoms. The van der Waals surface area contributed by atoms with Crippen LogP contribution in [0, 0.1) is 0 Å². The second kappa shape index (κ2) is 6.59. The van der Waals surface area contributed by atoms with Crippen molar-refractivity contribution in [3.05, 3.63) is 12.7 Å². The average Bonchev–Trinajstić information content (AvgIpc) is 2.97. The summed E-state index contributed by atoms with van der Waals surface area (Å²) in [6.45, 7) is 3.19. The van der Waals surface area contributed by atoms with Crippen molar-refractivity contribution in [3.8, 4) is 5.95 Å². The van der Waals surface area contributed by atoms with Crippen LogP contribution in [0.1, 0.15) is 13.3 Å². The van der Waals surface area contributed by atoms with Crippen LogP contribution in [0.15, 0.2) is 12.7 Å². The molecule has 102 valence electrons. The summed E-state index contributed by atoms with van der Waals surface area (Å²) in [5.74, 6) is 1.21. The Morgan fingerprint density at radius 3 is 2.47 bits per heavy atom. The molecule has 2 heterocycles. The normalized spacial score (nSPS) is 10.4. The van der Waals surface area contributed by atoms with Crippen LogP contribution in [0.25, 0.3) is 5.95 Å². The van der Waals surface area contributed by atoms with Gasteiger partial charge in [-0.25, -0.2) is 4.98 Å². The van der Waals surface area contributed by atoms with E-state index in [2.05, 4.69) is 42.6 Å². The Morgan fingerprint density at radius 1 is 1.16 bits per heavy atom. The number of aliphatic hydroxyl groups is 1. The molecule has 19 heavy (non-hydrogen) atoms. The molecule has 0 saturated carbocycles. The second-order valence-corrected chi connectivity index (χ2v) is 3.70. The number of hydrogen-bond acceptors (Lipinski definition) is 8. The summed E-state index contributed by atoms with van der Waals surface area (Å²) >= 11 is 0. The molecule has 0 spiro atoms. The van der Waals surface area contributed by atoms with Gasteiger partial charge in [-0.1, -0.05) is 6.92 Å². The van der Waals surface area contributed by atoms with E-state index in [1.54, 1.807) is 0 Å². The summed E-state index contributed by atoms with van der Waals surface area (Å²) in [5.41, 5.74) is 0. The van der Waals surface area contributed by atoms with Gasteiger partial charge in [0.15, 0.2) is 0 Å². The largest absolute Gasteiger partial charge is 0.395 e. The minimum Gasteiger partial charge on any atom is -0.395 e. The van der Waals surface area contributed by atoms with Gasteiger partial charge in [-0.3, -0.25) is 0 Å². The summed E-state index contributed by atoms with van der Waals surface area (Å²) in [6, 6.07) is 0. The molecule has 0 unspecified atom stereocenters. The Hall–Kier alpha value is -2.29. The van der Waals surface area contributed by atoms with E-state index in [4.69, 9.17) is 5.11 Å². The second-order valence-electron chi connectivity index (χ2n) is 3.70. The predicted octanol–water partition coefficient (Wildman–Crippen LogP) is -0.322. The zero-order chi connectivity index (χ0) is 13.5. The molecule has 0 aliphatic carbocycles. The fraction of sp³-hybridized carbons (Fsp3) is 0.500. The predicted molar refractivity (Wildman–Crippen MR) is 69.1 cm³/mol. The molecule has 0 aliphatic heterocycles. The van der Waals surface area contributed by atoms with Crippen molar-refractivity contribution in [1.29, 1.82) is 0 Å². The third-order valence-corrected chi connectivity index (χ3v) is 2.18. The van der Waals surface area contributed by atoms with E-state index in [1.807, 2.05) is 0 Å². The first-order valence-corrected chi connectivity index (χ1v) is 6.03. The fourth-order valence-electron chi connectivity index (χ4n) is 1.34. The van der Waals surface area contributed by atoms with E-state index >= 15 is 0 Å². The first-order valence-electron chi connectivity index (χ1n) is 6.03. The van der Waals surface area contributed by atoms with E-state index in [0.29, 0.717) is 24.4 Å². The highest BCUT2D eigenvalue weighted by atomic mass is 16.3. The van der Waals surface area contributed by atoms with Crippen molar-refractivity contribution in [2.75, 3.05) is 30.3 Å². The van der Waals surface area contributed by atoms with Crippen LogP contribution in [0.5, 0.6) is 0 Å². The van der Waals surface area contributed by atoms with Gasteiger partial charge in [0, 0.05) is 13.1 Å². The third kappa shape index (κ3) is 3.58. The molecule has 0 atom stereocenters. The minimum absolute atomic E-state index is 0.00205. The van der Waals surface area contributed by atoms with Crippen LogP contribution in [-0.2, 0) is 0 Å². The third-order valence-electron chi connectivity index (χ3n) is 2.18. The Morgan fingerprint density at radius 2 is 1.89 bits per heavy atom. The average molecular weight is 264 g/mol. The van der Waals surface area contributed by atoms with Gasteiger partial charge in [0.25, 0.3) is 5.95 Å². The van der Waals surface area contributed by atoms with Crippen molar-refractivity contribution in [2.45, 2.75) is 13.3 Å². The lowest BCUT2D eigenvalue weighted by Crippen LogP contribution is -2.15. The monoisotopic (exact) mass is 264 g/mol. The van der Waals surface area contributed by atoms with Crippen molar-refractivity contribution in [2.24, 2.45) is 0 Å². The Labute approximate surface area is 110 Å². The van der Waals surface area contributed by atoms with Crippen LogP contribution in [0.4, 0.5) is 11.9 Å². The molecule has 0 amide bonds. The molecule has 0 saturated heterocycles. The van der Waals surface area contributed by atoms with Gasteiger partial charge in [-0.2, -0.15) is 24.7 Å². The summed E-state index contributed by atoms with van der Waals surface area (Å²) in [7, 11) is 0. The van der Waals surface area contributed by atoms with Gasteiger partial charge in [0.05, 0.1) is 6.61 Å². The maximum Gasteiger partial charge on any atom is 0.258 e. The molecule has 9 heteroatoms. The quantitative estimate of drug-likeness (QED) is 0.623. The number of aromatic nitrogens is 6. The Bertz CT molecular complexity index is 474. The van der Waals surface area contributed by atoms with Gasteiger partial charge >= 0.3 is 0 Å². The van der Waals surface area contributed by atoms with E-state index < -0.39 is 0 Å². The van der Waals surface area contributed by atoms with Gasteiger partial charge < -0.3 is 15.7 Å². The van der Waals surface area contributed by atoms with Gasteiger partial charge in [-0.15, -0.1) is 0 Å². The van der Waals surface area contributed by atoms with Crippen LogP contribution in [0.2, 0.25) is 0 Å². The minimum atomic E-state index is 0.00205. The highest BCUT2D eigenvalue weighted by Crippen LogP contribution is 2.08. The zero-order valence-electron chi connectivity index (χ0n) is 10.6. The standard InChI is InChI=1S/C10H16N8O/c1-2-3-12-8-15-9(13-4-5-19)17-10(16-8)18-7-11-6-14-18/h6-7,19H,2-5H2,1H3,(H2,12,13,15,16,17). The molecule has 3 N–H and O–H groups in total. The first kappa shape index (κ1) is 13.1. The van der Waals surface area contributed by atoms with E-state index in [9.17, 15) is 0 Å². The lowest BCUT2D eigenvalue weighted by Gasteiger charge is -2.08. The Balaban J connectivity index is 2.25. The maximum absolute atomic E-state index is 8.81. The summed E-state index contributed by atoms with van der Waals surface area (Å²) in [5, 5.41) is 18.8. The summed E-state index contributed by atoms with van der Waals surface area (Å²) in [4.78, 5) is 16.5. The van der Waals surface area contributed by atoms with Gasteiger partial charge in [0.2, 0.25) is 11.9 Å². The van der Waals surface area contributed by atoms with Crippen molar-refractivity contribution in [3.63, 3.8) is 0 Å². The molecular formula is C10H16N8O. The van der Waals surface area contributed by atoms with Crippen LogP contribution in [-0.4, -0.2) is 54.5 Å². The molecule has 0 aromatic carbocycles. The SMILES string of the molecule is CCCNc1nc(NCCO)nc(-n2cncn2)n1. The van der Waals surface area contributed by atoms with Gasteiger partial charge in [-0.05, 0) is 6.42 Å². The first-order chi connectivity index (χ1) is 9.33. The highest BCUT2D eigenvalue weighted by Gasteiger charge is 2.08. The molecule has 0 radical (unpaired) electrons. The number of hydrogen-bond donors (Lipinski definition) is 3. The molecule has 0 fully saturated rings. The number of nitrogens with one attached hydrogen (secondary N) is 2. The smallest absolute Gasteiger partial charge is 0.258 e. The van der Waals surface area contributed by atoms with Crippen LogP contribution < -0.4 is 10.6 Å². The molecule has 2 aromatic heterocycles. The van der Waals surface area contributed by atoms with Crippen LogP contribution in [0.3, 0.4) is 0 Å². The summed E-state index contributed by atoms with van der Waals surface area (Å²) in [6.07, 6.45) is 3.88. The zero-order valence-corrected chi connectivity index (χ0v) is 10.6. The Kier molecular flexibility index (Phi) is 4.56. The number of anilines is 2. The van der Waals surface area contributed by atoms with E-state index in [1.165, 1.54) is 17.3 Å². The van der Waals surface area contributed by atoms with Crippen molar-refractivity contribution >= 4 is 11.9 Å². The highest BCUT2D eigenvalue weighted by molar-refractivity contribution is 5.37. The summed E-state index contributed by atoms with van der Waals surface area (Å²) < 4.78 is 1.45. The number of aliphatic hydroxyl groups excluding tert-OH is 1. The molecule has 2 aromatic rings. The van der Waals surface area contributed by atoms with E-state index in [-0.39, 0.29) is 6.61 Å². The maximum atomic E-state index is 8.81. The molecule has 9 nitrogen and oxygen atoms in total. The van der Waals surface area contributed by atoms with Crippen molar-refractivity contribution < 1.29 is 5.11 Å². The lowest BCUT2D eigenvalue weighted by atomic mass is 10.5.